The Bertz CT molecular complexity index is 1420. The van der Waals surface area contributed by atoms with Crippen molar-refractivity contribution in [3.8, 4) is 22.3 Å². The van der Waals surface area contributed by atoms with E-state index in [1.54, 1.807) is 0 Å². The Hall–Kier alpha value is -3.38. The number of rotatable bonds is 2. The van der Waals surface area contributed by atoms with E-state index < -0.39 is 0 Å². The van der Waals surface area contributed by atoms with E-state index in [-0.39, 0.29) is 0 Å². The van der Waals surface area contributed by atoms with Gasteiger partial charge in [-0.3, -0.25) is 0 Å². The molecule has 0 aliphatic carbocycles. The molecule has 0 aliphatic rings. The molecule has 0 saturated heterocycles. The number of aryl methyl sites for hydroxylation is 2. The standard InChI is InChI=1S/C30H26/c1-19-11-5-7-13-24(19)29-20(2)21(3)30(28-16-10-9-15-27(28)29)26-18-17-23-12-6-8-14-25(23)22(26)4/h5-18H,1-4H3. The molecule has 0 heterocycles. The second kappa shape index (κ2) is 7.15. The minimum atomic E-state index is 1.30. The van der Waals surface area contributed by atoms with E-state index in [2.05, 4.69) is 113 Å². The molecular weight excluding hydrogens is 360 g/mol. The van der Waals surface area contributed by atoms with E-state index in [4.69, 9.17) is 0 Å². The molecule has 0 radical (unpaired) electrons. The van der Waals surface area contributed by atoms with Gasteiger partial charge in [-0.2, -0.15) is 0 Å². The third-order valence-corrected chi connectivity index (χ3v) is 6.66. The van der Waals surface area contributed by atoms with E-state index in [1.807, 2.05) is 0 Å². The zero-order valence-electron chi connectivity index (χ0n) is 18.1. The van der Waals surface area contributed by atoms with Crippen LogP contribution in [-0.4, -0.2) is 0 Å². The Balaban J connectivity index is 1.91. The van der Waals surface area contributed by atoms with Crippen LogP contribution in [0.3, 0.4) is 0 Å². The monoisotopic (exact) mass is 386 g/mol. The van der Waals surface area contributed by atoms with Gasteiger partial charge in [0, 0.05) is 0 Å². The van der Waals surface area contributed by atoms with Gasteiger partial charge in [-0.1, -0.05) is 84.9 Å². The molecule has 0 bridgehead atoms. The van der Waals surface area contributed by atoms with Crippen molar-refractivity contribution in [3.05, 3.63) is 107 Å². The maximum Gasteiger partial charge on any atom is -0.00702 e. The number of fused-ring (bicyclic) bond motifs is 2. The summed E-state index contributed by atoms with van der Waals surface area (Å²) in [5.74, 6) is 0. The van der Waals surface area contributed by atoms with Crippen LogP contribution in [0, 0.1) is 27.7 Å². The van der Waals surface area contributed by atoms with Crippen molar-refractivity contribution in [2.24, 2.45) is 0 Å². The quantitative estimate of drug-likeness (QED) is 0.285. The first-order chi connectivity index (χ1) is 14.6. The summed E-state index contributed by atoms with van der Waals surface area (Å²) in [7, 11) is 0. The van der Waals surface area contributed by atoms with Gasteiger partial charge in [0.2, 0.25) is 0 Å². The van der Waals surface area contributed by atoms with Crippen LogP contribution in [0.2, 0.25) is 0 Å². The summed E-state index contributed by atoms with van der Waals surface area (Å²) in [5, 5.41) is 5.29. The van der Waals surface area contributed by atoms with E-state index in [0.29, 0.717) is 0 Å². The van der Waals surface area contributed by atoms with Crippen molar-refractivity contribution >= 4 is 21.5 Å². The first-order valence-corrected chi connectivity index (χ1v) is 10.6. The smallest absolute Gasteiger partial charge is 0.00702 e. The van der Waals surface area contributed by atoms with E-state index in [0.717, 1.165) is 0 Å². The Morgan fingerprint density at radius 1 is 0.400 bits per heavy atom. The SMILES string of the molecule is Cc1ccccc1-c1c(C)c(C)c(-c2ccc3ccccc3c2C)c2ccccc12. The fourth-order valence-electron chi connectivity index (χ4n) is 4.94. The lowest BCUT2D eigenvalue weighted by molar-refractivity contribution is 1.34. The van der Waals surface area contributed by atoms with Gasteiger partial charge in [-0.15, -0.1) is 0 Å². The summed E-state index contributed by atoms with van der Waals surface area (Å²) in [6, 6.07) is 30.9. The molecule has 0 aromatic heterocycles. The lowest BCUT2D eigenvalue weighted by Crippen LogP contribution is -1.98. The Labute approximate surface area is 178 Å². The second-order valence-corrected chi connectivity index (χ2v) is 8.32. The minimum Gasteiger partial charge on any atom is -0.0620 e. The largest absolute Gasteiger partial charge is 0.0620 e. The van der Waals surface area contributed by atoms with Crippen LogP contribution in [0.1, 0.15) is 22.3 Å². The molecule has 0 aliphatic heterocycles. The molecule has 0 spiro atoms. The summed E-state index contributed by atoms with van der Waals surface area (Å²) in [4.78, 5) is 0. The van der Waals surface area contributed by atoms with Crippen LogP contribution in [0.15, 0.2) is 84.9 Å². The molecular formula is C30H26. The number of benzene rings is 5. The molecule has 5 aromatic rings. The van der Waals surface area contributed by atoms with Crippen molar-refractivity contribution in [1.29, 1.82) is 0 Å². The Morgan fingerprint density at radius 2 is 0.933 bits per heavy atom. The molecule has 0 unspecified atom stereocenters. The Kier molecular flexibility index (Phi) is 4.44. The molecule has 0 atom stereocenters. The van der Waals surface area contributed by atoms with Gasteiger partial charge in [0.15, 0.2) is 0 Å². The van der Waals surface area contributed by atoms with Gasteiger partial charge in [0.25, 0.3) is 0 Å². The normalized spacial score (nSPS) is 11.3. The predicted octanol–water partition coefficient (Wildman–Crippen LogP) is 8.56. The van der Waals surface area contributed by atoms with Crippen molar-refractivity contribution in [2.75, 3.05) is 0 Å². The van der Waals surface area contributed by atoms with Crippen LogP contribution in [0.25, 0.3) is 43.8 Å². The fraction of sp³-hybridized carbons (Fsp3) is 0.133. The van der Waals surface area contributed by atoms with Gasteiger partial charge in [-0.25, -0.2) is 0 Å². The average Bonchev–Trinajstić information content (AvgIpc) is 2.77. The molecule has 30 heavy (non-hydrogen) atoms. The molecule has 0 fully saturated rings. The van der Waals surface area contributed by atoms with E-state index >= 15 is 0 Å². The van der Waals surface area contributed by atoms with Crippen LogP contribution >= 0.6 is 0 Å². The van der Waals surface area contributed by atoms with Crippen molar-refractivity contribution < 1.29 is 0 Å². The summed E-state index contributed by atoms with van der Waals surface area (Å²) >= 11 is 0. The third-order valence-electron chi connectivity index (χ3n) is 6.66. The topological polar surface area (TPSA) is 0 Å². The zero-order valence-corrected chi connectivity index (χ0v) is 18.1. The van der Waals surface area contributed by atoms with Gasteiger partial charge < -0.3 is 0 Å². The minimum absolute atomic E-state index is 1.30. The maximum atomic E-state index is 2.30. The summed E-state index contributed by atoms with van der Waals surface area (Å²) in [6.45, 7) is 9.04. The first-order valence-electron chi connectivity index (χ1n) is 10.6. The van der Waals surface area contributed by atoms with E-state index in [1.165, 1.54) is 66.1 Å². The molecule has 146 valence electrons. The highest BCUT2D eigenvalue weighted by Crippen LogP contribution is 2.43. The first kappa shape index (κ1) is 18.6. The Morgan fingerprint density at radius 3 is 1.60 bits per heavy atom. The number of hydrogen-bond acceptors (Lipinski definition) is 0. The lowest BCUT2D eigenvalue weighted by Gasteiger charge is -2.22. The van der Waals surface area contributed by atoms with Crippen LogP contribution < -0.4 is 0 Å². The van der Waals surface area contributed by atoms with Crippen LogP contribution in [0.5, 0.6) is 0 Å². The highest BCUT2D eigenvalue weighted by atomic mass is 14.2. The van der Waals surface area contributed by atoms with Gasteiger partial charge in [-0.05, 0) is 93.7 Å². The van der Waals surface area contributed by atoms with Gasteiger partial charge in [0.1, 0.15) is 0 Å². The van der Waals surface area contributed by atoms with Crippen molar-refractivity contribution in [3.63, 3.8) is 0 Å². The second-order valence-electron chi connectivity index (χ2n) is 8.32. The fourth-order valence-corrected chi connectivity index (χ4v) is 4.94. The highest BCUT2D eigenvalue weighted by molar-refractivity contribution is 6.09. The zero-order chi connectivity index (χ0) is 20.8. The van der Waals surface area contributed by atoms with Crippen molar-refractivity contribution in [1.82, 2.24) is 0 Å². The van der Waals surface area contributed by atoms with Crippen LogP contribution in [-0.2, 0) is 0 Å². The maximum absolute atomic E-state index is 2.30. The molecule has 5 aromatic carbocycles. The summed E-state index contributed by atoms with van der Waals surface area (Å²) in [6.07, 6.45) is 0. The molecule has 0 amide bonds. The molecule has 5 rings (SSSR count). The van der Waals surface area contributed by atoms with Gasteiger partial charge in [0.05, 0.1) is 0 Å². The molecule has 0 nitrogen and oxygen atoms in total. The predicted molar refractivity (Wildman–Crippen MR) is 131 cm³/mol. The summed E-state index contributed by atoms with van der Waals surface area (Å²) in [5.41, 5.74) is 10.8. The molecule has 0 saturated carbocycles. The lowest BCUT2D eigenvalue weighted by atomic mass is 9.82. The number of hydrogen-bond donors (Lipinski definition) is 0. The average molecular weight is 387 g/mol. The van der Waals surface area contributed by atoms with Crippen LogP contribution in [0.4, 0.5) is 0 Å². The van der Waals surface area contributed by atoms with E-state index in [9.17, 15) is 0 Å². The van der Waals surface area contributed by atoms with Gasteiger partial charge >= 0.3 is 0 Å². The highest BCUT2D eigenvalue weighted by Gasteiger charge is 2.19. The third kappa shape index (κ3) is 2.75. The molecule has 0 heteroatoms. The summed E-state index contributed by atoms with van der Waals surface area (Å²) < 4.78 is 0. The van der Waals surface area contributed by atoms with Crippen molar-refractivity contribution in [2.45, 2.75) is 27.7 Å². The molecule has 0 N–H and O–H groups in total.